The zero-order valence-corrected chi connectivity index (χ0v) is 8.76. The largest absolute Gasteiger partial charge is 0.337 e. The highest BCUT2D eigenvalue weighted by Crippen LogP contribution is 2.45. The number of fused-ring (bicyclic) bond motifs is 1. The van der Waals surface area contributed by atoms with E-state index in [0.29, 0.717) is 23.1 Å². The van der Waals surface area contributed by atoms with Crippen molar-refractivity contribution in [1.82, 2.24) is 9.88 Å². The Kier molecular flexibility index (Phi) is 1.93. The monoisotopic (exact) mass is 213 g/mol. The summed E-state index contributed by atoms with van der Waals surface area (Å²) in [6, 6.07) is 5.33. The number of likely N-dealkylation sites (tertiary alicyclic amines) is 1. The molecular weight excluding hydrogens is 202 g/mol. The fourth-order valence-electron chi connectivity index (χ4n) is 2.38. The first-order valence-electron chi connectivity index (χ1n) is 5.44. The molecule has 0 spiro atoms. The minimum atomic E-state index is -0.0932. The van der Waals surface area contributed by atoms with Crippen LogP contribution in [0.1, 0.15) is 22.5 Å². The van der Waals surface area contributed by atoms with Crippen LogP contribution in [0.3, 0.4) is 0 Å². The number of pyridine rings is 1. The summed E-state index contributed by atoms with van der Waals surface area (Å²) in [5.41, 5.74) is 0.666. The van der Waals surface area contributed by atoms with Crippen LogP contribution in [0.2, 0.25) is 0 Å². The summed E-state index contributed by atoms with van der Waals surface area (Å²) in [6.07, 6.45) is 2.82. The number of nitriles is 1. The molecule has 1 aliphatic carbocycles. The van der Waals surface area contributed by atoms with Crippen molar-refractivity contribution in [2.75, 3.05) is 13.1 Å². The summed E-state index contributed by atoms with van der Waals surface area (Å²) in [5.74, 6) is 1.32. The van der Waals surface area contributed by atoms with E-state index in [-0.39, 0.29) is 5.91 Å². The van der Waals surface area contributed by atoms with Crippen molar-refractivity contribution in [2.45, 2.75) is 6.42 Å². The molecule has 2 atom stereocenters. The van der Waals surface area contributed by atoms with Crippen LogP contribution in [0.5, 0.6) is 0 Å². The molecule has 4 heteroatoms. The first kappa shape index (κ1) is 9.34. The number of nitrogens with zero attached hydrogens (tertiary/aromatic N) is 3. The average molecular weight is 213 g/mol. The van der Waals surface area contributed by atoms with Gasteiger partial charge in [-0.2, -0.15) is 5.26 Å². The van der Waals surface area contributed by atoms with E-state index in [4.69, 9.17) is 5.26 Å². The van der Waals surface area contributed by atoms with Gasteiger partial charge in [-0.3, -0.25) is 4.79 Å². The summed E-state index contributed by atoms with van der Waals surface area (Å²) in [5, 5.41) is 8.91. The molecule has 1 saturated heterocycles. The second-order valence-corrected chi connectivity index (χ2v) is 4.48. The fourth-order valence-corrected chi connectivity index (χ4v) is 2.38. The van der Waals surface area contributed by atoms with Gasteiger partial charge in [0.15, 0.2) is 0 Å². The topological polar surface area (TPSA) is 57.0 Å². The highest BCUT2D eigenvalue weighted by Gasteiger charge is 2.47. The molecule has 0 radical (unpaired) electrons. The second-order valence-electron chi connectivity index (χ2n) is 4.48. The van der Waals surface area contributed by atoms with Gasteiger partial charge in [0.25, 0.3) is 5.91 Å². The average Bonchev–Trinajstić information content (AvgIpc) is 2.95. The van der Waals surface area contributed by atoms with Gasteiger partial charge in [0, 0.05) is 19.3 Å². The quantitative estimate of drug-likeness (QED) is 0.700. The third-order valence-electron chi connectivity index (χ3n) is 3.40. The molecule has 2 fully saturated rings. The Balaban J connectivity index is 1.86. The maximum Gasteiger partial charge on any atom is 0.273 e. The van der Waals surface area contributed by atoms with Crippen molar-refractivity contribution in [3.05, 3.63) is 29.6 Å². The van der Waals surface area contributed by atoms with Gasteiger partial charge < -0.3 is 4.90 Å². The van der Waals surface area contributed by atoms with E-state index in [9.17, 15) is 4.79 Å². The lowest BCUT2D eigenvalue weighted by Crippen LogP contribution is -2.31. The van der Waals surface area contributed by atoms with Gasteiger partial charge in [-0.05, 0) is 30.4 Å². The summed E-state index contributed by atoms with van der Waals surface area (Å²) in [7, 11) is 0. The normalized spacial score (nSPS) is 26.1. The molecule has 16 heavy (non-hydrogen) atoms. The molecule has 2 aliphatic rings. The summed E-state index contributed by atoms with van der Waals surface area (Å²) < 4.78 is 0. The maximum absolute atomic E-state index is 12.1. The van der Waals surface area contributed by atoms with Gasteiger partial charge in [-0.25, -0.2) is 4.98 Å². The molecule has 0 N–H and O–H groups in total. The third kappa shape index (κ3) is 1.36. The van der Waals surface area contributed by atoms with Crippen molar-refractivity contribution in [2.24, 2.45) is 11.8 Å². The number of carbonyl (C=O) groups is 1. The van der Waals surface area contributed by atoms with E-state index in [1.165, 1.54) is 6.42 Å². The van der Waals surface area contributed by atoms with Crippen molar-refractivity contribution >= 4 is 5.91 Å². The number of rotatable bonds is 1. The first-order valence-corrected chi connectivity index (χ1v) is 5.44. The predicted octanol–water partition coefficient (Wildman–Crippen LogP) is 1.05. The van der Waals surface area contributed by atoms with E-state index in [1.807, 2.05) is 11.0 Å². The zero-order chi connectivity index (χ0) is 11.1. The molecule has 3 rings (SSSR count). The van der Waals surface area contributed by atoms with Gasteiger partial charge in [0.05, 0.1) is 5.56 Å². The molecular formula is C12H11N3O. The van der Waals surface area contributed by atoms with Gasteiger partial charge in [-0.15, -0.1) is 0 Å². The maximum atomic E-state index is 12.1. The molecule has 0 aromatic carbocycles. The van der Waals surface area contributed by atoms with Crippen LogP contribution in [0.4, 0.5) is 0 Å². The second kappa shape index (κ2) is 3.31. The number of carbonyl (C=O) groups excluding carboxylic acids is 1. The van der Waals surface area contributed by atoms with E-state index >= 15 is 0 Å². The van der Waals surface area contributed by atoms with Gasteiger partial charge >= 0.3 is 0 Å². The molecule has 2 heterocycles. The molecule has 1 aromatic rings. The number of piperidine rings is 1. The van der Waals surface area contributed by atoms with Crippen molar-refractivity contribution in [3.8, 4) is 6.07 Å². The molecule has 0 bridgehead atoms. The number of hydrogen-bond acceptors (Lipinski definition) is 3. The minimum Gasteiger partial charge on any atom is -0.337 e. The number of amides is 1. The van der Waals surface area contributed by atoms with Crippen LogP contribution in [0.25, 0.3) is 0 Å². The first-order chi connectivity index (χ1) is 7.79. The van der Waals surface area contributed by atoms with Crippen LogP contribution < -0.4 is 0 Å². The van der Waals surface area contributed by atoms with E-state index < -0.39 is 0 Å². The molecule has 4 nitrogen and oxygen atoms in total. The molecule has 2 unspecified atom stereocenters. The Bertz CT molecular complexity index is 481. The Labute approximate surface area is 93.5 Å². The smallest absolute Gasteiger partial charge is 0.273 e. The van der Waals surface area contributed by atoms with E-state index in [1.54, 1.807) is 18.3 Å². The van der Waals surface area contributed by atoms with Crippen LogP contribution >= 0.6 is 0 Å². The Hall–Kier alpha value is -1.89. The van der Waals surface area contributed by atoms with Crippen LogP contribution in [0, 0.1) is 23.2 Å². The van der Waals surface area contributed by atoms with Crippen molar-refractivity contribution < 1.29 is 4.79 Å². The summed E-state index contributed by atoms with van der Waals surface area (Å²) in [4.78, 5) is 17.9. The standard InChI is InChI=1S/C12H11N3O/c13-5-8-2-1-3-14-11(8)12(16)15-6-9-4-10(9)7-15/h1-3,9-10H,4,6-7H2. The lowest BCUT2D eigenvalue weighted by atomic mass is 10.2. The SMILES string of the molecule is N#Cc1cccnc1C(=O)N1CC2CC2C1. The Morgan fingerprint density at radius 1 is 1.50 bits per heavy atom. The van der Waals surface area contributed by atoms with Crippen LogP contribution in [0.15, 0.2) is 18.3 Å². The fraction of sp³-hybridized carbons (Fsp3) is 0.417. The van der Waals surface area contributed by atoms with Crippen LogP contribution in [-0.4, -0.2) is 28.9 Å². The molecule has 1 saturated carbocycles. The lowest BCUT2D eigenvalue weighted by molar-refractivity contribution is 0.0769. The van der Waals surface area contributed by atoms with E-state index in [0.717, 1.165) is 13.1 Å². The molecule has 80 valence electrons. The van der Waals surface area contributed by atoms with Crippen molar-refractivity contribution in [1.29, 1.82) is 5.26 Å². The molecule has 1 aliphatic heterocycles. The zero-order valence-electron chi connectivity index (χ0n) is 8.76. The molecule has 1 aromatic heterocycles. The van der Waals surface area contributed by atoms with Gasteiger partial charge in [0.1, 0.15) is 11.8 Å². The Morgan fingerprint density at radius 2 is 2.25 bits per heavy atom. The summed E-state index contributed by atoms with van der Waals surface area (Å²) >= 11 is 0. The lowest BCUT2D eigenvalue weighted by Gasteiger charge is -2.17. The minimum absolute atomic E-state index is 0.0932. The Morgan fingerprint density at radius 3 is 2.94 bits per heavy atom. The van der Waals surface area contributed by atoms with Gasteiger partial charge in [0.2, 0.25) is 0 Å². The van der Waals surface area contributed by atoms with Gasteiger partial charge in [-0.1, -0.05) is 0 Å². The molecule has 1 amide bonds. The highest BCUT2D eigenvalue weighted by atomic mass is 16.2. The van der Waals surface area contributed by atoms with E-state index in [2.05, 4.69) is 4.98 Å². The number of aromatic nitrogens is 1. The highest BCUT2D eigenvalue weighted by molar-refractivity contribution is 5.94. The number of hydrogen-bond donors (Lipinski definition) is 0. The third-order valence-corrected chi connectivity index (χ3v) is 3.40. The predicted molar refractivity (Wildman–Crippen MR) is 56.5 cm³/mol. The van der Waals surface area contributed by atoms with Crippen molar-refractivity contribution in [3.63, 3.8) is 0 Å². The van der Waals surface area contributed by atoms with Crippen LogP contribution in [-0.2, 0) is 0 Å². The summed E-state index contributed by atoms with van der Waals surface area (Å²) in [6.45, 7) is 1.68.